The van der Waals surface area contributed by atoms with E-state index in [9.17, 15) is 4.79 Å². The highest BCUT2D eigenvalue weighted by atomic mass is 24.3. The smallest absolute Gasteiger partial charge is 0.316 e. The summed E-state index contributed by atoms with van der Waals surface area (Å²) in [5.74, 6) is 0.0284. The molecular weight excluding hydrogens is 489 g/mol. The van der Waals surface area contributed by atoms with Crippen LogP contribution in [0.5, 0.6) is 0 Å². The first kappa shape index (κ1) is 41.4. The molecule has 0 radical (unpaired) electrons. The van der Waals surface area contributed by atoms with Crippen molar-refractivity contribution in [2.45, 2.75) is 219 Å². The SMILES string of the molecule is CCCCCCCCCCCCCCCCCCOC(=O)CCCCCCCCCCCCCCCCC.[MgH2]. The Labute approximate surface area is 263 Å². The Morgan fingerprint density at radius 2 is 0.590 bits per heavy atom. The summed E-state index contributed by atoms with van der Waals surface area (Å²) in [6, 6.07) is 0. The minimum atomic E-state index is 0. The summed E-state index contributed by atoms with van der Waals surface area (Å²) >= 11 is 0. The molecule has 0 aromatic carbocycles. The van der Waals surface area contributed by atoms with Crippen LogP contribution in [-0.2, 0) is 9.53 Å². The Bertz CT molecular complexity index is 440. The predicted molar refractivity (Wildman–Crippen MR) is 179 cm³/mol. The van der Waals surface area contributed by atoms with Gasteiger partial charge in [-0.25, -0.2) is 0 Å². The maximum absolute atomic E-state index is 11.9. The highest BCUT2D eigenvalue weighted by molar-refractivity contribution is 5.75. The Kier molecular flexibility index (Phi) is 40.6. The van der Waals surface area contributed by atoms with Crippen molar-refractivity contribution in [3.05, 3.63) is 0 Å². The number of esters is 1. The summed E-state index contributed by atoms with van der Waals surface area (Å²) in [5.41, 5.74) is 0. The molecule has 0 atom stereocenters. The van der Waals surface area contributed by atoms with Crippen LogP contribution in [0.25, 0.3) is 0 Å². The Balaban J connectivity index is 0. The number of carbonyl (C=O) groups is 1. The second kappa shape index (κ2) is 38.2. The molecule has 0 aliphatic rings. The molecular formula is C36H74MgO2. The first-order valence-electron chi connectivity index (χ1n) is 18.0. The number of rotatable bonds is 33. The van der Waals surface area contributed by atoms with Crippen molar-refractivity contribution >= 4 is 29.0 Å². The molecule has 0 bridgehead atoms. The first-order chi connectivity index (χ1) is 18.8. The molecule has 0 rings (SSSR count). The highest BCUT2D eigenvalue weighted by Crippen LogP contribution is 2.15. The molecule has 0 amide bonds. The fourth-order valence-electron chi connectivity index (χ4n) is 5.55. The quantitative estimate of drug-likeness (QED) is 0.0451. The van der Waals surface area contributed by atoms with Crippen LogP contribution in [0.3, 0.4) is 0 Å². The molecule has 39 heavy (non-hydrogen) atoms. The van der Waals surface area contributed by atoms with Gasteiger partial charge in [-0.15, -0.1) is 0 Å². The van der Waals surface area contributed by atoms with E-state index in [1.165, 1.54) is 186 Å². The van der Waals surface area contributed by atoms with E-state index >= 15 is 0 Å². The van der Waals surface area contributed by atoms with E-state index in [1.54, 1.807) is 0 Å². The minimum Gasteiger partial charge on any atom is -0.466 e. The molecule has 2 nitrogen and oxygen atoms in total. The Morgan fingerprint density at radius 1 is 0.359 bits per heavy atom. The van der Waals surface area contributed by atoms with E-state index in [0.717, 1.165) is 12.8 Å². The molecule has 0 N–H and O–H groups in total. The molecule has 232 valence electrons. The summed E-state index contributed by atoms with van der Waals surface area (Å²) in [7, 11) is 0. The molecule has 0 saturated heterocycles. The Hall–Kier alpha value is 0.236. The van der Waals surface area contributed by atoms with Gasteiger partial charge in [-0.1, -0.05) is 200 Å². The van der Waals surface area contributed by atoms with Gasteiger partial charge in [0.05, 0.1) is 6.61 Å². The van der Waals surface area contributed by atoms with E-state index < -0.39 is 0 Å². The lowest BCUT2D eigenvalue weighted by molar-refractivity contribution is -0.143. The summed E-state index contributed by atoms with van der Waals surface area (Å²) in [6.45, 7) is 5.22. The van der Waals surface area contributed by atoms with Crippen LogP contribution in [0.15, 0.2) is 0 Å². The van der Waals surface area contributed by atoms with Gasteiger partial charge in [-0.3, -0.25) is 4.79 Å². The van der Waals surface area contributed by atoms with Gasteiger partial charge < -0.3 is 4.74 Å². The van der Waals surface area contributed by atoms with E-state index in [-0.39, 0.29) is 29.0 Å². The molecule has 0 saturated carbocycles. The summed E-state index contributed by atoms with van der Waals surface area (Å²) in [6.07, 6.45) is 43.1. The van der Waals surface area contributed by atoms with Gasteiger partial charge in [0.25, 0.3) is 0 Å². The molecule has 0 fully saturated rings. The zero-order chi connectivity index (χ0) is 27.6. The molecule has 0 aliphatic carbocycles. The largest absolute Gasteiger partial charge is 0.466 e. The third-order valence-corrected chi connectivity index (χ3v) is 8.25. The fourth-order valence-corrected chi connectivity index (χ4v) is 5.55. The monoisotopic (exact) mass is 563 g/mol. The normalized spacial score (nSPS) is 11.0. The molecule has 0 heterocycles. The lowest BCUT2D eigenvalue weighted by Gasteiger charge is -2.06. The number of hydrogen-bond donors (Lipinski definition) is 0. The topological polar surface area (TPSA) is 26.3 Å². The summed E-state index contributed by atoms with van der Waals surface area (Å²) < 4.78 is 5.44. The predicted octanol–water partition coefficient (Wildman–Crippen LogP) is 12.1. The lowest BCUT2D eigenvalue weighted by Crippen LogP contribution is -2.05. The van der Waals surface area contributed by atoms with Crippen LogP contribution in [0, 0.1) is 0 Å². The molecule has 0 unspecified atom stereocenters. The molecule has 0 spiro atoms. The van der Waals surface area contributed by atoms with Gasteiger partial charge in [0.2, 0.25) is 0 Å². The van der Waals surface area contributed by atoms with Gasteiger partial charge in [0.15, 0.2) is 0 Å². The number of hydrogen-bond acceptors (Lipinski definition) is 2. The van der Waals surface area contributed by atoms with Crippen LogP contribution in [0.2, 0.25) is 0 Å². The average molecular weight is 563 g/mol. The van der Waals surface area contributed by atoms with E-state index in [1.807, 2.05) is 0 Å². The standard InChI is InChI=1S/C36H72O2.Mg.2H/c1-3-5-7-9-11-13-15-17-19-21-23-25-27-29-31-33-35-38-36(37)34-32-30-28-26-24-22-20-18-16-14-12-10-8-6-4-2;;;/h3-35H2,1-2H3;;;. The van der Waals surface area contributed by atoms with Gasteiger partial charge in [-0.2, -0.15) is 0 Å². The fraction of sp³-hybridized carbons (Fsp3) is 0.972. The van der Waals surface area contributed by atoms with Crippen LogP contribution in [0.1, 0.15) is 219 Å². The molecule has 0 aromatic heterocycles. The second-order valence-corrected chi connectivity index (χ2v) is 12.2. The van der Waals surface area contributed by atoms with Crippen LogP contribution in [-0.4, -0.2) is 35.6 Å². The van der Waals surface area contributed by atoms with Crippen molar-refractivity contribution in [1.82, 2.24) is 0 Å². The van der Waals surface area contributed by atoms with Gasteiger partial charge >= 0.3 is 29.0 Å². The highest BCUT2D eigenvalue weighted by Gasteiger charge is 2.03. The zero-order valence-corrected chi connectivity index (χ0v) is 26.7. The van der Waals surface area contributed by atoms with Gasteiger partial charge in [-0.05, 0) is 12.8 Å². The van der Waals surface area contributed by atoms with E-state index in [2.05, 4.69) is 13.8 Å². The molecule has 0 aromatic rings. The first-order valence-corrected chi connectivity index (χ1v) is 18.0. The Morgan fingerprint density at radius 3 is 0.872 bits per heavy atom. The number of carbonyl (C=O) groups excluding carboxylic acids is 1. The van der Waals surface area contributed by atoms with Crippen LogP contribution in [0.4, 0.5) is 0 Å². The third-order valence-electron chi connectivity index (χ3n) is 8.25. The van der Waals surface area contributed by atoms with Crippen molar-refractivity contribution in [2.24, 2.45) is 0 Å². The maximum Gasteiger partial charge on any atom is 0.316 e. The van der Waals surface area contributed by atoms with E-state index in [4.69, 9.17) is 4.74 Å². The van der Waals surface area contributed by atoms with E-state index in [0.29, 0.717) is 13.0 Å². The van der Waals surface area contributed by atoms with Gasteiger partial charge in [0.1, 0.15) is 0 Å². The maximum atomic E-state index is 11.9. The lowest BCUT2D eigenvalue weighted by atomic mass is 10.0. The minimum absolute atomic E-state index is 0. The van der Waals surface area contributed by atoms with Crippen molar-refractivity contribution in [2.75, 3.05) is 6.61 Å². The average Bonchev–Trinajstić information content (AvgIpc) is 2.92. The van der Waals surface area contributed by atoms with Crippen LogP contribution >= 0.6 is 0 Å². The molecule has 0 aliphatic heterocycles. The van der Waals surface area contributed by atoms with Crippen molar-refractivity contribution < 1.29 is 9.53 Å². The second-order valence-electron chi connectivity index (χ2n) is 12.2. The summed E-state index contributed by atoms with van der Waals surface area (Å²) in [5, 5.41) is 0. The number of unbranched alkanes of at least 4 members (excludes halogenated alkanes) is 29. The molecule has 3 heteroatoms. The summed E-state index contributed by atoms with van der Waals surface area (Å²) in [4.78, 5) is 11.9. The zero-order valence-electron chi connectivity index (χ0n) is 26.7. The number of ether oxygens (including phenoxy) is 1. The van der Waals surface area contributed by atoms with Gasteiger partial charge in [0, 0.05) is 6.42 Å². The van der Waals surface area contributed by atoms with Crippen molar-refractivity contribution in [3.8, 4) is 0 Å². The van der Waals surface area contributed by atoms with Crippen molar-refractivity contribution in [3.63, 3.8) is 0 Å². The third kappa shape index (κ3) is 38.2. The van der Waals surface area contributed by atoms with Crippen molar-refractivity contribution in [1.29, 1.82) is 0 Å². The van der Waals surface area contributed by atoms with Crippen LogP contribution < -0.4 is 0 Å².